The van der Waals surface area contributed by atoms with Gasteiger partial charge in [0.25, 0.3) is 0 Å². The molecule has 0 rings (SSSR count). The van der Waals surface area contributed by atoms with Crippen molar-refractivity contribution in [3.05, 3.63) is 30.6 Å². The third-order valence-electron chi connectivity index (χ3n) is 1.51. The molecule has 0 saturated carbocycles. The highest BCUT2D eigenvalue weighted by Gasteiger charge is 2.00. The Bertz CT molecular complexity index is 207. The van der Waals surface area contributed by atoms with Gasteiger partial charge in [0.05, 0.1) is 23.4 Å². The van der Waals surface area contributed by atoms with Gasteiger partial charge in [-0.3, -0.25) is 4.90 Å². The maximum absolute atomic E-state index is 8.61. The zero-order valence-electron chi connectivity index (χ0n) is 11.8. The molecule has 0 atom stereocenters. The van der Waals surface area contributed by atoms with E-state index < -0.39 is 10.2 Å². The lowest BCUT2D eigenvalue weighted by molar-refractivity contribution is -0.403. The first-order chi connectivity index (χ1) is 8.81. The Kier molecular flexibility index (Phi) is 70.6. The van der Waals surface area contributed by atoms with Gasteiger partial charge in [0.2, 0.25) is 0 Å². The highest BCUT2D eigenvalue weighted by Crippen LogP contribution is 1.88. The lowest BCUT2D eigenvalue weighted by Gasteiger charge is -2.19. The SMILES string of the molecule is Cl.Cl.Cl.Cl.NCCCN(CCO)CCO.O=[N+]([O-])[O-].O=[N+]([O-])[O-]. The Balaban J connectivity index is -0.0000000368. The Hall–Kier alpha value is -0.600. The van der Waals surface area contributed by atoms with Crippen LogP contribution >= 0.6 is 49.6 Å². The van der Waals surface area contributed by atoms with Crippen LogP contribution in [0.5, 0.6) is 0 Å². The first kappa shape index (κ1) is 43.3. The molecule has 16 heteroatoms. The summed E-state index contributed by atoms with van der Waals surface area (Å²) in [5.74, 6) is 0. The van der Waals surface area contributed by atoms with Gasteiger partial charge in [0.15, 0.2) is 0 Å². The molecule has 148 valence electrons. The Morgan fingerprint density at radius 3 is 1.22 bits per heavy atom. The van der Waals surface area contributed by atoms with Gasteiger partial charge in [-0.15, -0.1) is 49.6 Å². The normalized spacial score (nSPS) is 7.30. The number of nitrogens with two attached hydrogens (primary N) is 1. The molecule has 4 N–H and O–H groups in total. The zero-order chi connectivity index (χ0) is 15.7. The molecule has 0 heterocycles. The summed E-state index contributed by atoms with van der Waals surface area (Å²) < 4.78 is 0. The molecular formula is C7H22Cl4N4O8-2. The van der Waals surface area contributed by atoms with Crippen molar-refractivity contribution in [2.45, 2.75) is 6.42 Å². The number of nitrogens with zero attached hydrogens (tertiary/aromatic N) is 3. The van der Waals surface area contributed by atoms with Crippen LogP contribution in [0.3, 0.4) is 0 Å². The number of aliphatic hydroxyl groups is 2. The smallest absolute Gasteiger partial charge is 0.0689 e. The third kappa shape index (κ3) is 91.2. The van der Waals surface area contributed by atoms with Crippen molar-refractivity contribution in [3.8, 4) is 0 Å². The largest absolute Gasteiger partial charge is 0.395 e. The van der Waals surface area contributed by atoms with Gasteiger partial charge in [-0.2, -0.15) is 0 Å². The highest BCUT2D eigenvalue weighted by atomic mass is 35.5. The van der Waals surface area contributed by atoms with Crippen LogP contribution in [-0.2, 0) is 0 Å². The van der Waals surface area contributed by atoms with Crippen molar-refractivity contribution in [2.75, 3.05) is 39.4 Å². The van der Waals surface area contributed by atoms with Gasteiger partial charge in [0, 0.05) is 13.1 Å². The van der Waals surface area contributed by atoms with Crippen LogP contribution in [0.15, 0.2) is 0 Å². The quantitative estimate of drug-likeness (QED) is 0.358. The van der Waals surface area contributed by atoms with Crippen LogP contribution in [0.2, 0.25) is 0 Å². The van der Waals surface area contributed by atoms with Crippen molar-refractivity contribution in [1.29, 1.82) is 0 Å². The van der Waals surface area contributed by atoms with Crippen LogP contribution in [0.1, 0.15) is 6.42 Å². The molecular weight excluding hydrogens is 410 g/mol. The molecule has 0 spiro atoms. The van der Waals surface area contributed by atoms with Crippen LogP contribution in [0.4, 0.5) is 0 Å². The minimum Gasteiger partial charge on any atom is -0.395 e. The molecule has 0 unspecified atom stereocenters. The van der Waals surface area contributed by atoms with E-state index in [9.17, 15) is 0 Å². The van der Waals surface area contributed by atoms with Gasteiger partial charge in [-0.1, -0.05) is 0 Å². The van der Waals surface area contributed by atoms with Crippen molar-refractivity contribution >= 4 is 49.6 Å². The molecule has 23 heavy (non-hydrogen) atoms. The second kappa shape index (κ2) is 37.6. The second-order valence-electron chi connectivity index (χ2n) is 2.88. The van der Waals surface area contributed by atoms with Gasteiger partial charge in [-0.05, 0) is 19.5 Å². The summed E-state index contributed by atoms with van der Waals surface area (Å²) in [6, 6.07) is 0. The molecule has 0 amide bonds. The fourth-order valence-electron chi connectivity index (χ4n) is 0.933. The predicted octanol–water partition coefficient (Wildman–Crippen LogP) is -0.169. The maximum atomic E-state index is 8.61. The molecule has 0 saturated heterocycles. The second-order valence-corrected chi connectivity index (χ2v) is 2.88. The van der Waals surface area contributed by atoms with Gasteiger partial charge < -0.3 is 46.6 Å². The zero-order valence-corrected chi connectivity index (χ0v) is 15.1. The summed E-state index contributed by atoms with van der Waals surface area (Å²) in [7, 11) is 0. The van der Waals surface area contributed by atoms with E-state index in [1.807, 2.05) is 4.90 Å². The summed E-state index contributed by atoms with van der Waals surface area (Å²) in [4.78, 5) is 18.5. The first-order valence-corrected chi connectivity index (χ1v) is 5.08. The van der Waals surface area contributed by atoms with Gasteiger partial charge >= 0.3 is 0 Å². The fourth-order valence-corrected chi connectivity index (χ4v) is 0.933. The molecule has 12 nitrogen and oxygen atoms in total. The number of rotatable bonds is 7. The lowest BCUT2D eigenvalue weighted by atomic mass is 10.3. The van der Waals surface area contributed by atoms with E-state index in [0.29, 0.717) is 19.6 Å². The third-order valence-corrected chi connectivity index (χ3v) is 1.51. The first-order valence-electron chi connectivity index (χ1n) is 5.08. The standard InChI is InChI=1S/C7H18N2O2.4ClH.2NO3/c8-2-1-3-9(4-6-10)5-7-11;;;;;2*2-1(3)4/h10-11H,1-8H2;4*1H;;/q;;;;;2*-1. The Morgan fingerprint density at radius 1 is 0.783 bits per heavy atom. The van der Waals surface area contributed by atoms with Crippen molar-refractivity contribution in [1.82, 2.24) is 4.90 Å². The van der Waals surface area contributed by atoms with E-state index in [1.165, 1.54) is 0 Å². The summed E-state index contributed by atoms with van der Waals surface area (Å²) in [6.07, 6.45) is 0.917. The monoisotopic (exact) mass is 430 g/mol. The van der Waals surface area contributed by atoms with E-state index in [2.05, 4.69) is 0 Å². The van der Waals surface area contributed by atoms with Crippen LogP contribution in [0.25, 0.3) is 0 Å². The minimum absolute atomic E-state index is 0. The van der Waals surface area contributed by atoms with E-state index in [0.717, 1.165) is 13.0 Å². The van der Waals surface area contributed by atoms with E-state index in [1.54, 1.807) is 0 Å². The van der Waals surface area contributed by atoms with Gasteiger partial charge in [-0.25, -0.2) is 0 Å². The number of aliphatic hydroxyl groups excluding tert-OH is 2. The molecule has 0 bridgehead atoms. The van der Waals surface area contributed by atoms with E-state index >= 15 is 0 Å². The fraction of sp³-hybridized carbons (Fsp3) is 1.00. The molecule has 0 aliphatic heterocycles. The summed E-state index contributed by atoms with van der Waals surface area (Å²) in [5.41, 5.74) is 5.32. The van der Waals surface area contributed by atoms with E-state index in [-0.39, 0.29) is 62.8 Å². The van der Waals surface area contributed by atoms with Crippen molar-refractivity contribution < 1.29 is 20.4 Å². The van der Waals surface area contributed by atoms with E-state index in [4.69, 9.17) is 46.6 Å². The predicted molar refractivity (Wildman–Crippen MR) is 94.0 cm³/mol. The number of hydrogen-bond acceptors (Lipinski definition) is 10. The lowest BCUT2D eigenvalue weighted by Crippen LogP contribution is -2.31. The number of hydrogen-bond donors (Lipinski definition) is 3. The van der Waals surface area contributed by atoms with Crippen molar-refractivity contribution in [3.63, 3.8) is 0 Å². The Labute approximate surface area is 157 Å². The highest BCUT2D eigenvalue weighted by molar-refractivity contribution is 5.86. The number of halogens is 4. The molecule has 0 aliphatic rings. The summed E-state index contributed by atoms with van der Waals surface area (Å²) in [6.45, 7) is 3.06. The maximum Gasteiger partial charge on any atom is 0.0689 e. The molecule has 0 fully saturated rings. The molecule has 0 aromatic carbocycles. The van der Waals surface area contributed by atoms with Crippen LogP contribution < -0.4 is 5.73 Å². The van der Waals surface area contributed by atoms with Crippen molar-refractivity contribution in [2.24, 2.45) is 5.73 Å². The molecule has 0 radical (unpaired) electrons. The molecule has 0 aliphatic carbocycles. The van der Waals surface area contributed by atoms with Gasteiger partial charge in [0.1, 0.15) is 0 Å². The average molecular weight is 432 g/mol. The summed E-state index contributed by atoms with van der Waals surface area (Å²) >= 11 is 0. The van der Waals surface area contributed by atoms with Crippen LogP contribution in [0, 0.1) is 30.6 Å². The molecule has 0 aromatic rings. The Morgan fingerprint density at radius 2 is 1.04 bits per heavy atom. The summed E-state index contributed by atoms with van der Waals surface area (Å²) in [5, 5.41) is 46.7. The minimum atomic E-state index is -1.75. The molecule has 0 aromatic heterocycles. The average Bonchev–Trinajstić information content (AvgIpc) is 2.25. The topological polar surface area (TPSA) is 202 Å². The van der Waals surface area contributed by atoms with Crippen LogP contribution in [-0.4, -0.2) is 64.7 Å².